The van der Waals surface area contributed by atoms with Gasteiger partial charge in [0, 0.05) is 25.1 Å². The number of carboxylic acids is 1. The second-order valence-electron chi connectivity index (χ2n) is 4.13. The second-order valence-corrected chi connectivity index (χ2v) is 7.19. The number of rotatable bonds is 9. The summed E-state index contributed by atoms with van der Waals surface area (Å²) in [4.78, 5) is 22.4. The van der Waals surface area contributed by atoms with Crippen LogP contribution in [0.5, 0.6) is 0 Å². The number of aromatic nitrogens is 2. The van der Waals surface area contributed by atoms with Crippen molar-refractivity contribution < 1.29 is 14.7 Å². The highest BCUT2D eigenvalue weighted by molar-refractivity contribution is 8.76. The van der Waals surface area contributed by atoms with Crippen LogP contribution in [-0.4, -0.2) is 44.8 Å². The Bertz CT molecular complexity index is 508. The standard InChI is InChI=1S/C12H18ClN3O3S2/c1-3-8-10(11(13)16(2)15-8)12(19)14-5-7-21-20-6-4-9(17)18/h3-7H2,1-2H3,(H,14,19)(H,17,18). The normalized spacial score (nSPS) is 10.6. The Morgan fingerprint density at radius 3 is 2.67 bits per heavy atom. The van der Waals surface area contributed by atoms with Crippen LogP contribution < -0.4 is 5.32 Å². The smallest absolute Gasteiger partial charge is 0.304 e. The van der Waals surface area contributed by atoms with Crippen LogP contribution in [-0.2, 0) is 18.3 Å². The number of carboxylic acid groups (broad SMARTS) is 1. The van der Waals surface area contributed by atoms with Crippen LogP contribution >= 0.6 is 33.2 Å². The fraction of sp³-hybridized carbons (Fsp3) is 0.583. The molecule has 0 bridgehead atoms. The van der Waals surface area contributed by atoms with Gasteiger partial charge in [0.05, 0.1) is 17.7 Å². The van der Waals surface area contributed by atoms with E-state index in [0.29, 0.717) is 40.9 Å². The van der Waals surface area contributed by atoms with Crippen molar-refractivity contribution in [3.8, 4) is 0 Å². The lowest BCUT2D eigenvalue weighted by Gasteiger charge is -2.05. The van der Waals surface area contributed by atoms with Gasteiger partial charge in [-0.2, -0.15) is 5.10 Å². The molecule has 0 aliphatic rings. The molecule has 118 valence electrons. The van der Waals surface area contributed by atoms with Gasteiger partial charge in [-0.05, 0) is 6.42 Å². The van der Waals surface area contributed by atoms with Crippen molar-refractivity contribution >= 4 is 45.1 Å². The maximum absolute atomic E-state index is 12.1. The first kappa shape index (κ1) is 18.2. The molecule has 0 aliphatic heterocycles. The average molecular weight is 352 g/mol. The number of carbonyl (C=O) groups is 2. The molecule has 1 heterocycles. The fourth-order valence-corrected chi connectivity index (χ4v) is 3.69. The highest BCUT2D eigenvalue weighted by Gasteiger charge is 2.19. The second kappa shape index (κ2) is 9.22. The lowest BCUT2D eigenvalue weighted by atomic mass is 10.2. The minimum atomic E-state index is -0.797. The number of carbonyl (C=O) groups excluding carboxylic acids is 1. The van der Waals surface area contributed by atoms with E-state index in [0.717, 1.165) is 0 Å². The first-order valence-corrected chi connectivity index (χ1v) is 9.29. The Morgan fingerprint density at radius 1 is 1.38 bits per heavy atom. The molecule has 21 heavy (non-hydrogen) atoms. The molecule has 0 spiro atoms. The van der Waals surface area contributed by atoms with Crippen LogP contribution in [0.15, 0.2) is 0 Å². The molecule has 1 amide bonds. The molecule has 6 nitrogen and oxygen atoms in total. The zero-order chi connectivity index (χ0) is 15.8. The summed E-state index contributed by atoms with van der Waals surface area (Å²) in [5.74, 6) is 0.244. The summed E-state index contributed by atoms with van der Waals surface area (Å²) in [5, 5.41) is 15.8. The van der Waals surface area contributed by atoms with E-state index in [9.17, 15) is 9.59 Å². The third kappa shape index (κ3) is 5.80. The first-order chi connectivity index (χ1) is 9.97. The summed E-state index contributed by atoms with van der Waals surface area (Å²) in [6.07, 6.45) is 0.790. The molecule has 1 aromatic rings. The van der Waals surface area contributed by atoms with E-state index in [1.165, 1.54) is 26.3 Å². The number of hydrogen-bond donors (Lipinski definition) is 2. The number of nitrogens with one attached hydrogen (secondary N) is 1. The van der Waals surface area contributed by atoms with Crippen LogP contribution in [0.4, 0.5) is 0 Å². The first-order valence-electron chi connectivity index (χ1n) is 6.43. The molecule has 0 aromatic carbocycles. The summed E-state index contributed by atoms with van der Waals surface area (Å²) in [5.41, 5.74) is 1.12. The number of amides is 1. The Hall–Kier alpha value is -0.860. The molecular formula is C12H18ClN3O3S2. The fourth-order valence-electron chi connectivity index (χ4n) is 1.57. The number of hydrogen-bond acceptors (Lipinski definition) is 5. The van der Waals surface area contributed by atoms with E-state index in [-0.39, 0.29) is 12.3 Å². The van der Waals surface area contributed by atoms with Gasteiger partial charge in [-0.25, -0.2) is 0 Å². The largest absolute Gasteiger partial charge is 0.481 e. The summed E-state index contributed by atoms with van der Waals surface area (Å²) in [6.45, 7) is 2.42. The van der Waals surface area contributed by atoms with Gasteiger partial charge in [-0.1, -0.05) is 40.1 Å². The molecule has 0 saturated heterocycles. The Labute approximate surface area is 136 Å². The van der Waals surface area contributed by atoms with Crippen molar-refractivity contribution in [3.05, 3.63) is 16.4 Å². The molecule has 0 saturated carbocycles. The molecule has 0 unspecified atom stereocenters. The lowest BCUT2D eigenvalue weighted by molar-refractivity contribution is -0.136. The van der Waals surface area contributed by atoms with Crippen molar-refractivity contribution in [2.45, 2.75) is 19.8 Å². The van der Waals surface area contributed by atoms with E-state index in [2.05, 4.69) is 10.4 Å². The molecule has 0 fully saturated rings. The number of aliphatic carboxylic acids is 1. The van der Waals surface area contributed by atoms with Crippen molar-refractivity contribution in [1.29, 1.82) is 0 Å². The Balaban J connectivity index is 2.33. The van der Waals surface area contributed by atoms with E-state index in [1.807, 2.05) is 6.92 Å². The zero-order valence-electron chi connectivity index (χ0n) is 11.9. The van der Waals surface area contributed by atoms with Gasteiger partial charge in [-0.15, -0.1) is 0 Å². The van der Waals surface area contributed by atoms with Crippen LogP contribution in [0.3, 0.4) is 0 Å². The molecule has 1 aromatic heterocycles. The highest BCUT2D eigenvalue weighted by atomic mass is 35.5. The number of halogens is 1. The zero-order valence-corrected chi connectivity index (χ0v) is 14.3. The molecule has 0 atom stereocenters. The summed E-state index contributed by atoms with van der Waals surface area (Å²) < 4.78 is 1.49. The minimum Gasteiger partial charge on any atom is -0.481 e. The minimum absolute atomic E-state index is 0.148. The van der Waals surface area contributed by atoms with Gasteiger partial charge in [0.15, 0.2) is 0 Å². The van der Waals surface area contributed by atoms with E-state index >= 15 is 0 Å². The van der Waals surface area contributed by atoms with Crippen LogP contribution in [0.2, 0.25) is 5.15 Å². The SMILES string of the molecule is CCc1nn(C)c(Cl)c1C(=O)NCCSSCCC(=O)O. The molecule has 2 N–H and O–H groups in total. The van der Waals surface area contributed by atoms with Crippen LogP contribution in [0.1, 0.15) is 29.4 Å². The van der Waals surface area contributed by atoms with Gasteiger partial charge < -0.3 is 10.4 Å². The maximum atomic E-state index is 12.1. The number of aryl methyl sites for hydroxylation is 2. The predicted octanol–water partition coefficient (Wildman–Crippen LogP) is 2.22. The third-order valence-electron chi connectivity index (χ3n) is 2.57. The van der Waals surface area contributed by atoms with Crippen molar-refractivity contribution in [1.82, 2.24) is 15.1 Å². The van der Waals surface area contributed by atoms with Crippen molar-refractivity contribution in [2.24, 2.45) is 7.05 Å². The predicted molar refractivity (Wildman–Crippen MR) is 87.1 cm³/mol. The molecule has 0 radical (unpaired) electrons. The van der Waals surface area contributed by atoms with E-state index < -0.39 is 5.97 Å². The third-order valence-corrected chi connectivity index (χ3v) is 5.41. The maximum Gasteiger partial charge on any atom is 0.304 e. The summed E-state index contributed by atoms with van der Waals surface area (Å²) in [6, 6.07) is 0. The summed E-state index contributed by atoms with van der Waals surface area (Å²) in [7, 11) is 4.72. The Kier molecular flexibility index (Phi) is 7.98. The number of nitrogens with zero attached hydrogens (tertiary/aromatic N) is 2. The molecule has 0 aliphatic carbocycles. The van der Waals surface area contributed by atoms with Gasteiger partial charge in [0.1, 0.15) is 5.15 Å². The van der Waals surface area contributed by atoms with Crippen molar-refractivity contribution in [2.75, 3.05) is 18.1 Å². The van der Waals surface area contributed by atoms with Gasteiger partial charge in [0.2, 0.25) is 0 Å². The quantitative estimate of drug-likeness (QED) is 0.524. The van der Waals surface area contributed by atoms with Crippen molar-refractivity contribution in [3.63, 3.8) is 0 Å². The molecule has 1 rings (SSSR count). The summed E-state index contributed by atoms with van der Waals surface area (Å²) >= 11 is 6.07. The van der Waals surface area contributed by atoms with E-state index in [4.69, 9.17) is 16.7 Å². The van der Waals surface area contributed by atoms with Gasteiger partial charge in [0.25, 0.3) is 5.91 Å². The molecule has 9 heteroatoms. The van der Waals surface area contributed by atoms with E-state index in [1.54, 1.807) is 7.05 Å². The van der Waals surface area contributed by atoms with Gasteiger partial charge in [-0.3, -0.25) is 14.3 Å². The topological polar surface area (TPSA) is 84.2 Å². The molecular weight excluding hydrogens is 334 g/mol. The highest BCUT2D eigenvalue weighted by Crippen LogP contribution is 2.22. The lowest BCUT2D eigenvalue weighted by Crippen LogP contribution is -2.26. The van der Waals surface area contributed by atoms with Gasteiger partial charge >= 0.3 is 5.97 Å². The Morgan fingerprint density at radius 2 is 2.05 bits per heavy atom. The monoisotopic (exact) mass is 351 g/mol. The van der Waals surface area contributed by atoms with Crippen LogP contribution in [0, 0.1) is 0 Å². The van der Waals surface area contributed by atoms with Crippen LogP contribution in [0.25, 0.3) is 0 Å². The average Bonchev–Trinajstić information content (AvgIpc) is 2.72.